The number of hydrogen-bond acceptors (Lipinski definition) is 12. The summed E-state index contributed by atoms with van der Waals surface area (Å²) in [5, 5.41) is 49.4. The van der Waals surface area contributed by atoms with E-state index in [0.717, 1.165) is 80.9 Å². The summed E-state index contributed by atoms with van der Waals surface area (Å²) in [6, 6.07) is 2.56. The predicted octanol–water partition coefficient (Wildman–Crippen LogP) is 2.26. The van der Waals surface area contributed by atoms with Crippen molar-refractivity contribution in [1.29, 1.82) is 0 Å². The number of nitrogens with zero attached hydrogens (tertiary/aromatic N) is 1. The van der Waals surface area contributed by atoms with Crippen molar-refractivity contribution in [3.8, 4) is 0 Å². The first-order chi connectivity index (χ1) is 26.3. The maximum absolute atomic E-state index is 14.0. The van der Waals surface area contributed by atoms with Crippen LogP contribution in [0, 0.1) is 16.7 Å². The van der Waals surface area contributed by atoms with E-state index in [0.29, 0.717) is 12.2 Å². The van der Waals surface area contributed by atoms with Gasteiger partial charge < -0.3 is 41.1 Å². The fourth-order valence-electron chi connectivity index (χ4n) is 9.31. The van der Waals surface area contributed by atoms with Crippen LogP contribution >= 0.6 is 11.8 Å². The van der Waals surface area contributed by atoms with E-state index in [1.165, 1.54) is 11.8 Å². The molecule has 16 heteroatoms. The number of pyridine rings is 1. The van der Waals surface area contributed by atoms with Gasteiger partial charge in [-0.3, -0.25) is 24.7 Å². The predicted molar refractivity (Wildman–Crippen MR) is 201 cm³/mol. The zero-order valence-corrected chi connectivity index (χ0v) is 31.8. The first-order valence-corrected chi connectivity index (χ1v) is 20.0. The van der Waals surface area contributed by atoms with E-state index in [1.807, 2.05) is 17.4 Å². The van der Waals surface area contributed by atoms with Crippen molar-refractivity contribution in [2.24, 2.45) is 16.7 Å². The zero-order chi connectivity index (χ0) is 39.4. The Kier molecular flexibility index (Phi) is 12.2. The Morgan fingerprint density at radius 1 is 1.02 bits per heavy atom. The third-order valence-corrected chi connectivity index (χ3v) is 13.8. The summed E-state index contributed by atoms with van der Waals surface area (Å²) in [4.78, 5) is 68.5. The van der Waals surface area contributed by atoms with Gasteiger partial charge in [-0.15, -0.1) is 11.8 Å². The number of carboxylic acids is 2. The van der Waals surface area contributed by atoms with Gasteiger partial charge in [0.2, 0.25) is 23.8 Å². The molecule has 15 nitrogen and oxygen atoms in total. The van der Waals surface area contributed by atoms with Gasteiger partial charge in [0, 0.05) is 43.1 Å². The fourth-order valence-corrected chi connectivity index (χ4v) is 11.0. The smallest absolute Gasteiger partial charge is 0.353 e. The van der Waals surface area contributed by atoms with Crippen molar-refractivity contribution < 1.29 is 49.1 Å². The highest BCUT2D eigenvalue weighted by molar-refractivity contribution is 8.01. The van der Waals surface area contributed by atoms with Gasteiger partial charge in [0.05, 0.1) is 4.75 Å². The summed E-state index contributed by atoms with van der Waals surface area (Å²) >= 11 is 1.37. The molecule has 6 rings (SSSR count). The van der Waals surface area contributed by atoms with Crippen molar-refractivity contribution in [1.82, 2.24) is 26.3 Å². The molecule has 55 heavy (non-hydrogen) atoms. The summed E-state index contributed by atoms with van der Waals surface area (Å²) in [5.41, 5.74) is -0.0101. The number of esters is 1. The second-order valence-electron chi connectivity index (χ2n) is 15.5. The molecule has 0 radical (unpaired) electrons. The molecule has 2 amide bonds. The van der Waals surface area contributed by atoms with Gasteiger partial charge in [-0.2, -0.15) is 0 Å². The Bertz CT molecular complexity index is 1760. The number of aliphatic hydroxyl groups excluding tert-OH is 1. The van der Waals surface area contributed by atoms with Crippen LogP contribution in [0.1, 0.15) is 82.6 Å². The molecule has 2 bridgehead atoms. The minimum Gasteiger partial charge on any atom is -0.478 e. The number of hydrogen-bond donors (Lipinski definition) is 8. The molecule has 298 valence electrons. The van der Waals surface area contributed by atoms with E-state index in [2.05, 4.69) is 39.2 Å². The van der Waals surface area contributed by atoms with Gasteiger partial charge in [0.1, 0.15) is 17.7 Å². The van der Waals surface area contributed by atoms with Crippen molar-refractivity contribution in [2.45, 2.75) is 106 Å². The normalized spacial score (nSPS) is 27.4. The van der Waals surface area contributed by atoms with Gasteiger partial charge in [-0.25, -0.2) is 9.59 Å². The average molecular weight is 782 g/mol. The van der Waals surface area contributed by atoms with Crippen LogP contribution in [-0.4, -0.2) is 97.3 Å². The van der Waals surface area contributed by atoms with Crippen LogP contribution in [0.25, 0.3) is 0 Å². The number of ether oxygens (including phenoxy) is 1. The maximum atomic E-state index is 14.0. The lowest BCUT2D eigenvalue weighted by Crippen LogP contribution is -2.56. The molecular weight excluding hydrogens is 731 g/mol. The number of fused-ring (bicyclic) bond motifs is 3. The number of carboxylic acid groups (broad SMARTS) is 2. The van der Waals surface area contributed by atoms with Crippen molar-refractivity contribution in [3.63, 3.8) is 0 Å². The summed E-state index contributed by atoms with van der Waals surface area (Å²) in [6.45, 7) is -0.0666. The number of aromatic nitrogens is 1. The van der Waals surface area contributed by atoms with Crippen LogP contribution in [0.3, 0.4) is 0 Å². The first-order valence-electron chi connectivity index (χ1n) is 19.0. The van der Waals surface area contributed by atoms with Gasteiger partial charge in [0.15, 0.2) is 0 Å². The molecule has 2 heterocycles. The number of aliphatic hydroxyl groups is 2. The molecule has 1 aliphatic heterocycles. The molecule has 8 N–H and O–H groups in total. The highest BCUT2D eigenvalue weighted by Gasteiger charge is 2.63. The summed E-state index contributed by atoms with van der Waals surface area (Å²) < 4.78 is 5.54. The van der Waals surface area contributed by atoms with Crippen molar-refractivity contribution in [3.05, 3.63) is 65.2 Å². The van der Waals surface area contributed by atoms with Gasteiger partial charge in [-0.1, -0.05) is 55.9 Å². The Morgan fingerprint density at radius 3 is 2.38 bits per heavy atom. The van der Waals surface area contributed by atoms with Gasteiger partial charge in [-0.05, 0) is 74.3 Å². The second-order valence-corrected chi connectivity index (χ2v) is 16.8. The van der Waals surface area contributed by atoms with Crippen molar-refractivity contribution in [2.75, 3.05) is 19.5 Å². The molecule has 2 spiro atoms. The molecule has 5 aliphatic rings. The number of rotatable bonds is 16. The standard InChI is InChI=1S/C39H51N5O10S/c1-40-23-42-39(53,35(51)52)14-7-28(45)43-27(31(46)44-32(47)33(48)49)22-55-38-16-15-36(10-3-2-4-11-37(38)12-5-6-13-37)21-25(19-24-8-17-41-18-9-24)20-26-29(36)30(38)54-34(26)50/h8-9,15-18,20,26-27,32,40,42,47,53H,2-7,10-14,19,21-23H2,1H3,(H,43,45)(H,44,46)(H,48,49)(H,51,52). The van der Waals surface area contributed by atoms with E-state index in [1.54, 1.807) is 19.4 Å². The summed E-state index contributed by atoms with van der Waals surface area (Å²) in [6.07, 6.45) is 16.5. The van der Waals surface area contributed by atoms with E-state index >= 15 is 0 Å². The Morgan fingerprint density at radius 2 is 1.71 bits per heavy atom. The average Bonchev–Trinajstić information content (AvgIpc) is 3.78. The SMILES string of the molecule is CNCNC(O)(CCC(=O)NC(CSC12C=CC3(CCCCCC14CCCC4)CC(Cc1ccncc1)=CC1C(=O)OC2=C13)C(=O)NC(O)C(=O)O)C(=O)O. The van der Waals surface area contributed by atoms with E-state index in [9.17, 15) is 44.4 Å². The van der Waals surface area contributed by atoms with Crippen molar-refractivity contribution >= 4 is 41.5 Å². The molecule has 1 aromatic heterocycles. The quantitative estimate of drug-likeness (QED) is 0.0683. The number of nitrogens with one attached hydrogen (secondary N) is 4. The molecule has 6 unspecified atom stereocenters. The number of carbonyl (C=O) groups is 5. The van der Waals surface area contributed by atoms with Crippen LogP contribution in [0.4, 0.5) is 0 Å². The van der Waals surface area contributed by atoms with Crippen LogP contribution in [0.15, 0.2) is 59.7 Å². The van der Waals surface area contributed by atoms with E-state index in [4.69, 9.17) is 4.74 Å². The van der Waals surface area contributed by atoms with Crippen LogP contribution in [0.2, 0.25) is 0 Å². The highest BCUT2D eigenvalue weighted by Crippen LogP contribution is 2.67. The Labute approximate surface area is 323 Å². The third-order valence-electron chi connectivity index (χ3n) is 12.0. The van der Waals surface area contributed by atoms with Gasteiger partial charge in [0.25, 0.3) is 0 Å². The summed E-state index contributed by atoms with van der Waals surface area (Å²) in [7, 11) is 1.54. The van der Waals surface area contributed by atoms with Crippen LogP contribution in [-0.2, 0) is 35.1 Å². The minimum absolute atomic E-state index is 0.0666. The fraction of sp³-hybridized carbons (Fsp3) is 0.590. The van der Waals surface area contributed by atoms with Crippen LogP contribution < -0.4 is 21.3 Å². The lowest BCUT2D eigenvalue weighted by molar-refractivity contribution is -0.164. The minimum atomic E-state index is -2.45. The zero-order valence-electron chi connectivity index (χ0n) is 31.0. The van der Waals surface area contributed by atoms with E-state index < -0.39 is 70.7 Å². The molecular formula is C39H51N5O10S. The molecule has 1 fully saturated rings. The molecule has 0 aromatic carbocycles. The number of thioether (sulfide) groups is 1. The Balaban J connectivity index is 1.35. The maximum Gasteiger partial charge on any atom is 0.353 e. The largest absolute Gasteiger partial charge is 0.478 e. The number of allylic oxidation sites excluding steroid dienone is 2. The molecule has 4 aliphatic carbocycles. The number of amides is 2. The lowest BCUT2D eigenvalue weighted by Gasteiger charge is -2.53. The summed E-state index contributed by atoms with van der Waals surface area (Å²) in [5.74, 6) is -5.44. The molecule has 1 saturated carbocycles. The topological polar surface area (TPSA) is 237 Å². The number of aliphatic carboxylic acids is 2. The second kappa shape index (κ2) is 16.6. The molecule has 1 aromatic rings. The number of carbonyl (C=O) groups excluding carboxylic acids is 3. The molecule has 6 atom stereocenters. The Hall–Kier alpha value is -4.09. The van der Waals surface area contributed by atoms with E-state index in [-0.39, 0.29) is 23.8 Å². The lowest BCUT2D eigenvalue weighted by atomic mass is 9.56. The third kappa shape index (κ3) is 8.10. The van der Waals surface area contributed by atoms with Crippen LogP contribution in [0.5, 0.6) is 0 Å². The highest BCUT2D eigenvalue weighted by atomic mass is 32.2. The first kappa shape index (κ1) is 40.6. The van der Waals surface area contributed by atoms with Gasteiger partial charge >= 0.3 is 17.9 Å². The molecule has 0 saturated heterocycles. The monoisotopic (exact) mass is 781 g/mol.